The number of aromatic nitrogens is 1. The van der Waals surface area contributed by atoms with Gasteiger partial charge in [-0.2, -0.15) is 0 Å². The minimum Gasteiger partial charge on any atom is -0.474 e. The number of hydrogen-bond acceptors (Lipinski definition) is 6. The Morgan fingerprint density at radius 2 is 1.81 bits per heavy atom. The van der Waals surface area contributed by atoms with Crippen molar-refractivity contribution in [3.05, 3.63) is 58.8 Å². The van der Waals surface area contributed by atoms with E-state index < -0.39 is 12.0 Å². The molecule has 1 amide bonds. The van der Waals surface area contributed by atoms with E-state index in [4.69, 9.17) is 10.5 Å². The van der Waals surface area contributed by atoms with Gasteiger partial charge in [-0.25, -0.2) is 4.98 Å². The van der Waals surface area contributed by atoms with Crippen LogP contribution in [0.25, 0.3) is 0 Å². The number of piperidine rings is 1. The van der Waals surface area contributed by atoms with Crippen LogP contribution in [0.1, 0.15) is 40.0 Å². The van der Waals surface area contributed by atoms with Crippen LogP contribution in [0.4, 0.5) is 0 Å². The first-order valence-corrected chi connectivity index (χ1v) is 10.3. The Hall–Kier alpha value is -1.61. The Balaban J connectivity index is 0.00000171. The van der Waals surface area contributed by atoms with Gasteiger partial charge in [0.1, 0.15) is 6.10 Å². The Labute approximate surface area is 207 Å². The fraction of sp³-hybridized carbons (Fsp3) is 0.455. The molecular formula is C22H31Cl3N4O3. The summed E-state index contributed by atoms with van der Waals surface area (Å²) < 4.78 is 6.00. The number of carbonyl (C=O) groups is 1. The maximum Gasteiger partial charge on any atom is 0.250 e. The van der Waals surface area contributed by atoms with E-state index in [-0.39, 0.29) is 55.8 Å². The van der Waals surface area contributed by atoms with Crippen molar-refractivity contribution in [2.75, 3.05) is 13.1 Å². The molecule has 5 N–H and O–H groups in total. The molecule has 7 nitrogen and oxygen atoms in total. The number of rotatable bonds is 6. The molecular weight excluding hydrogens is 475 g/mol. The quantitative estimate of drug-likeness (QED) is 0.479. The number of carbonyl (C=O) groups excluding carboxylic acids is 1. The molecule has 0 saturated carbocycles. The molecule has 1 aromatic heterocycles. The molecule has 3 heterocycles. The van der Waals surface area contributed by atoms with E-state index in [1.54, 1.807) is 12.1 Å². The highest BCUT2D eigenvalue weighted by molar-refractivity contribution is 5.94. The van der Waals surface area contributed by atoms with Crippen LogP contribution in [0, 0.1) is 0 Å². The van der Waals surface area contributed by atoms with E-state index in [9.17, 15) is 9.90 Å². The summed E-state index contributed by atoms with van der Waals surface area (Å²) >= 11 is 0. The van der Waals surface area contributed by atoms with Crippen LogP contribution >= 0.6 is 37.2 Å². The van der Waals surface area contributed by atoms with Crippen molar-refractivity contribution in [1.82, 2.24) is 15.6 Å². The third kappa shape index (κ3) is 6.94. The number of ether oxygens (including phenoxy) is 1. The van der Waals surface area contributed by atoms with Gasteiger partial charge in [0.25, 0.3) is 5.91 Å². The van der Waals surface area contributed by atoms with Gasteiger partial charge in [0.2, 0.25) is 5.88 Å². The van der Waals surface area contributed by atoms with Crippen molar-refractivity contribution in [3.63, 3.8) is 0 Å². The summed E-state index contributed by atoms with van der Waals surface area (Å²) in [5, 5.41) is 17.6. The smallest absolute Gasteiger partial charge is 0.250 e. The molecule has 2 aromatic rings. The highest BCUT2D eigenvalue weighted by atomic mass is 35.5. The monoisotopic (exact) mass is 504 g/mol. The van der Waals surface area contributed by atoms with Crippen LogP contribution in [-0.2, 0) is 19.4 Å². The van der Waals surface area contributed by atoms with E-state index in [0.29, 0.717) is 23.7 Å². The lowest BCUT2D eigenvalue weighted by molar-refractivity contribution is 0.0993. The summed E-state index contributed by atoms with van der Waals surface area (Å²) in [5.74, 6) is -0.0684. The number of amides is 1. The number of fused-ring (bicyclic) bond motifs is 1. The number of nitrogens with zero attached hydrogens (tertiary/aromatic N) is 1. The van der Waals surface area contributed by atoms with E-state index in [1.807, 2.05) is 12.1 Å². The normalized spacial score (nSPS) is 18.7. The molecule has 0 spiro atoms. The summed E-state index contributed by atoms with van der Waals surface area (Å²) in [4.78, 5) is 16.4. The summed E-state index contributed by atoms with van der Waals surface area (Å²) in [6.07, 6.45) is 2.22. The van der Waals surface area contributed by atoms with Crippen LogP contribution in [-0.4, -0.2) is 47.3 Å². The van der Waals surface area contributed by atoms with Crippen LogP contribution in [0.15, 0.2) is 36.4 Å². The van der Waals surface area contributed by atoms with Crippen LogP contribution < -0.4 is 21.1 Å². The van der Waals surface area contributed by atoms with Crippen molar-refractivity contribution >= 4 is 43.1 Å². The van der Waals surface area contributed by atoms with Gasteiger partial charge in [-0.1, -0.05) is 24.3 Å². The Morgan fingerprint density at radius 1 is 1.12 bits per heavy atom. The zero-order valence-corrected chi connectivity index (χ0v) is 20.1. The van der Waals surface area contributed by atoms with Crippen molar-refractivity contribution in [3.8, 4) is 5.88 Å². The lowest BCUT2D eigenvalue weighted by Crippen LogP contribution is -2.45. The maximum atomic E-state index is 11.9. The van der Waals surface area contributed by atoms with Crippen molar-refractivity contribution in [2.45, 2.75) is 50.5 Å². The molecule has 10 heteroatoms. The summed E-state index contributed by atoms with van der Waals surface area (Å²) in [5.41, 5.74) is 8.85. The van der Waals surface area contributed by atoms with Crippen molar-refractivity contribution in [2.24, 2.45) is 5.73 Å². The fourth-order valence-corrected chi connectivity index (χ4v) is 4.10. The standard InChI is InChI=1S/C22H28N4O3.3ClH/c23-22(28)17-5-6-21(29-16-7-9-24-10-8-16)26-18(17)12-20(27)19-11-14-3-1-2-4-15(14)13-25-19;;;/h1-6,16,19-20,24-25,27H,7-13H2,(H2,23,28);3*1H/t19-,20+;;;/m0.../s1. The number of benzene rings is 1. The van der Waals surface area contributed by atoms with Gasteiger partial charge in [0, 0.05) is 25.1 Å². The molecule has 2 aliphatic rings. The first-order chi connectivity index (χ1) is 14.1. The molecule has 1 saturated heterocycles. The predicted octanol–water partition coefficient (Wildman–Crippen LogP) is 2.19. The fourth-order valence-electron chi connectivity index (χ4n) is 4.10. The van der Waals surface area contributed by atoms with E-state index in [0.717, 1.165) is 32.4 Å². The second-order valence-electron chi connectivity index (χ2n) is 7.81. The molecule has 2 aliphatic heterocycles. The van der Waals surface area contributed by atoms with Gasteiger partial charge < -0.3 is 26.2 Å². The third-order valence-corrected chi connectivity index (χ3v) is 5.77. The van der Waals surface area contributed by atoms with Gasteiger partial charge in [-0.3, -0.25) is 4.79 Å². The first kappa shape index (κ1) is 28.4. The second kappa shape index (κ2) is 13.2. The molecule has 178 valence electrons. The van der Waals surface area contributed by atoms with Crippen LogP contribution in [0.2, 0.25) is 0 Å². The molecule has 0 radical (unpaired) electrons. The average Bonchev–Trinajstić information content (AvgIpc) is 2.74. The molecule has 1 fully saturated rings. The van der Waals surface area contributed by atoms with Gasteiger partial charge in [0.15, 0.2) is 0 Å². The molecule has 2 atom stereocenters. The summed E-state index contributed by atoms with van der Waals surface area (Å²) in [7, 11) is 0. The Bertz CT molecular complexity index is 881. The summed E-state index contributed by atoms with van der Waals surface area (Å²) in [6.45, 7) is 2.56. The lowest BCUT2D eigenvalue weighted by atomic mass is 9.91. The molecule has 32 heavy (non-hydrogen) atoms. The van der Waals surface area contributed by atoms with Gasteiger partial charge >= 0.3 is 0 Å². The molecule has 0 bridgehead atoms. The number of primary amides is 1. The number of halogens is 3. The number of nitrogens with two attached hydrogens (primary N) is 1. The molecule has 4 rings (SSSR count). The first-order valence-electron chi connectivity index (χ1n) is 10.3. The minimum absolute atomic E-state index is 0. The largest absolute Gasteiger partial charge is 0.474 e. The molecule has 0 unspecified atom stereocenters. The zero-order chi connectivity index (χ0) is 20.2. The number of hydrogen-bond donors (Lipinski definition) is 4. The Kier molecular flexibility index (Phi) is 11.7. The molecule has 1 aromatic carbocycles. The van der Waals surface area contributed by atoms with Crippen molar-refractivity contribution in [1.29, 1.82) is 0 Å². The predicted molar refractivity (Wildman–Crippen MR) is 132 cm³/mol. The van der Waals surface area contributed by atoms with Gasteiger partial charge in [-0.05, 0) is 49.5 Å². The lowest BCUT2D eigenvalue weighted by Gasteiger charge is -2.30. The number of aliphatic hydroxyl groups is 1. The van der Waals surface area contributed by atoms with E-state index in [2.05, 4.69) is 27.8 Å². The van der Waals surface area contributed by atoms with Gasteiger partial charge in [0.05, 0.1) is 17.4 Å². The highest BCUT2D eigenvalue weighted by Gasteiger charge is 2.26. The third-order valence-electron chi connectivity index (χ3n) is 5.77. The molecule has 0 aliphatic carbocycles. The SMILES string of the molecule is Cl.Cl.Cl.NC(=O)c1ccc(OC2CCNCC2)nc1C[C@@H](O)[C@@H]1Cc2ccccc2CN1. The second-order valence-corrected chi connectivity index (χ2v) is 7.81. The van der Waals surface area contributed by atoms with Crippen molar-refractivity contribution < 1.29 is 14.6 Å². The average molecular weight is 506 g/mol. The van der Waals surface area contributed by atoms with Crippen LogP contribution in [0.3, 0.4) is 0 Å². The van der Waals surface area contributed by atoms with E-state index in [1.165, 1.54) is 11.1 Å². The number of pyridine rings is 1. The maximum absolute atomic E-state index is 11.9. The Morgan fingerprint density at radius 3 is 2.50 bits per heavy atom. The summed E-state index contributed by atoms with van der Waals surface area (Å²) in [6, 6.07) is 11.5. The zero-order valence-electron chi connectivity index (χ0n) is 17.7. The topological polar surface area (TPSA) is 110 Å². The number of aliphatic hydroxyl groups excluding tert-OH is 1. The highest BCUT2D eigenvalue weighted by Crippen LogP contribution is 2.22. The number of nitrogens with one attached hydrogen (secondary N) is 2. The van der Waals surface area contributed by atoms with E-state index >= 15 is 0 Å². The van der Waals surface area contributed by atoms with Crippen LogP contribution in [0.5, 0.6) is 5.88 Å². The van der Waals surface area contributed by atoms with Gasteiger partial charge in [-0.15, -0.1) is 37.2 Å². The minimum atomic E-state index is -0.692.